The second kappa shape index (κ2) is 12.3. The van der Waals surface area contributed by atoms with Crippen LogP contribution in [-0.4, -0.2) is 16.9 Å². The third kappa shape index (κ3) is 7.11. The van der Waals surface area contributed by atoms with Crippen LogP contribution >= 0.6 is 0 Å². The van der Waals surface area contributed by atoms with Gasteiger partial charge in [-0.2, -0.15) is 0 Å². The monoisotopic (exact) mass is 357 g/mol. The van der Waals surface area contributed by atoms with Crippen molar-refractivity contribution in [2.45, 2.75) is 0 Å². The van der Waals surface area contributed by atoms with E-state index in [1.807, 2.05) is 32.1 Å². The summed E-state index contributed by atoms with van der Waals surface area (Å²) in [5.74, 6) is -0.841. The summed E-state index contributed by atoms with van der Waals surface area (Å²) in [6.07, 6.45) is 16.8. The van der Waals surface area contributed by atoms with Crippen LogP contribution in [0.1, 0.15) is 20.7 Å². The number of ketones is 1. The van der Waals surface area contributed by atoms with Gasteiger partial charge in [-0.15, -0.1) is 0 Å². The fourth-order valence-electron chi connectivity index (χ4n) is 1.87. The van der Waals surface area contributed by atoms with Gasteiger partial charge in [-0.1, -0.05) is 18.2 Å². The van der Waals surface area contributed by atoms with Crippen molar-refractivity contribution in [3.63, 3.8) is 0 Å². The molecule has 0 aromatic heterocycles. The third-order valence-electron chi connectivity index (χ3n) is 2.88. The van der Waals surface area contributed by atoms with Gasteiger partial charge in [-0.25, -0.2) is 4.79 Å². The summed E-state index contributed by atoms with van der Waals surface area (Å²) in [6.45, 7) is 0. The number of carboxylic acid groups (broad SMARTS) is 1. The molecule has 2 aliphatic rings. The molecule has 0 saturated heterocycles. The molecule has 0 heterocycles. The molecule has 3 rings (SSSR count). The van der Waals surface area contributed by atoms with Crippen LogP contribution in [0.2, 0.25) is 0 Å². The molecule has 0 spiro atoms. The van der Waals surface area contributed by atoms with Gasteiger partial charge in [0.15, 0.2) is 5.78 Å². The van der Waals surface area contributed by atoms with Gasteiger partial charge in [-0.3, -0.25) is 4.79 Å². The van der Waals surface area contributed by atoms with Crippen molar-refractivity contribution in [3.8, 4) is 0 Å². The molecular formula is C18H14FeNaO3+3. The summed E-state index contributed by atoms with van der Waals surface area (Å²) >= 11 is 0. The minimum atomic E-state index is -1.09. The molecule has 0 bridgehead atoms. The van der Waals surface area contributed by atoms with Crippen LogP contribution in [0.25, 0.3) is 0 Å². The quantitative estimate of drug-likeness (QED) is 0.612. The minimum absolute atomic E-state index is 0. The van der Waals surface area contributed by atoms with E-state index in [9.17, 15) is 9.59 Å². The molecule has 0 amide bonds. The fourth-order valence-corrected chi connectivity index (χ4v) is 1.87. The zero-order valence-corrected chi connectivity index (χ0v) is 15.7. The Morgan fingerprint density at radius 1 is 0.739 bits per heavy atom. The van der Waals surface area contributed by atoms with Crippen molar-refractivity contribution < 1.29 is 61.3 Å². The van der Waals surface area contributed by atoms with Gasteiger partial charge in [0, 0.05) is 5.56 Å². The summed E-state index contributed by atoms with van der Waals surface area (Å²) in [4.78, 5) is 22.9. The van der Waals surface area contributed by atoms with Crippen LogP contribution in [0.5, 0.6) is 0 Å². The molecule has 2 fully saturated rings. The number of aromatic carboxylic acids is 1. The van der Waals surface area contributed by atoms with Crippen LogP contribution in [0.3, 0.4) is 0 Å². The van der Waals surface area contributed by atoms with E-state index in [4.69, 9.17) is 5.11 Å². The van der Waals surface area contributed by atoms with Gasteiger partial charge < -0.3 is 5.11 Å². The Kier molecular flexibility index (Phi) is 12.2. The number of carbonyl (C=O) groups is 2. The molecule has 23 heavy (non-hydrogen) atoms. The maximum Gasteiger partial charge on any atom is 2.00 e. The first-order valence-corrected chi connectivity index (χ1v) is 6.45. The van der Waals surface area contributed by atoms with E-state index in [0.29, 0.717) is 5.92 Å². The number of hydrogen-bond donors (Lipinski definition) is 1. The molecule has 1 aromatic rings. The number of benzene rings is 1. The first kappa shape index (κ1) is 22.9. The molecule has 1 aromatic carbocycles. The van der Waals surface area contributed by atoms with Gasteiger partial charge in [-0.05, 0) is 63.9 Å². The summed E-state index contributed by atoms with van der Waals surface area (Å²) in [5.41, 5.74) is 0.259. The molecular weight excluding hydrogens is 343 g/mol. The predicted molar refractivity (Wildman–Crippen MR) is 79.7 cm³/mol. The summed E-state index contributed by atoms with van der Waals surface area (Å²) < 4.78 is 0. The topological polar surface area (TPSA) is 54.4 Å². The molecule has 5 heteroatoms. The Hall–Kier alpha value is -0.121. The van der Waals surface area contributed by atoms with Crippen LogP contribution < -0.4 is 29.6 Å². The van der Waals surface area contributed by atoms with Crippen LogP contribution in [0.15, 0.2) is 24.3 Å². The van der Waals surface area contributed by atoms with Gasteiger partial charge in [0.25, 0.3) is 0 Å². The van der Waals surface area contributed by atoms with Crippen molar-refractivity contribution in [1.29, 1.82) is 0 Å². The SMILES string of the molecule is O=C(O)c1ccccc1C(=O)[C]1[CH][CH][CH][CH]1.[CH]1[CH][CH][CH][CH]1.[Fe+2].[Na+]. The molecule has 2 saturated carbocycles. The second-order valence-electron chi connectivity index (χ2n) is 4.32. The molecule has 10 radical (unpaired) electrons. The smallest absolute Gasteiger partial charge is 0.478 e. The van der Waals surface area contributed by atoms with Crippen molar-refractivity contribution in [2.24, 2.45) is 0 Å². The Labute approximate surface area is 171 Å². The molecule has 110 valence electrons. The van der Waals surface area contributed by atoms with Crippen LogP contribution in [0.4, 0.5) is 0 Å². The zero-order valence-electron chi connectivity index (χ0n) is 12.6. The number of rotatable bonds is 3. The van der Waals surface area contributed by atoms with Crippen LogP contribution in [-0.2, 0) is 17.1 Å². The normalized spacial score (nSPS) is 16.5. The Morgan fingerprint density at radius 3 is 1.61 bits per heavy atom. The Morgan fingerprint density at radius 2 is 1.17 bits per heavy atom. The van der Waals surface area contributed by atoms with Gasteiger partial charge >= 0.3 is 52.6 Å². The van der Waals surface area contributed by atoms with Crippen LogP contribution in [0, 0.1) is 63.7 Å². The largest absolute Gasteiger partial charge is 2.00 e. The number of Topliss-reactive ketones (excluding diaryl/α,β-unsaturated/α-hetero) is 1. The molecule has 0 atom stereocenters. The number of hydrogen-bond acceptors (Lipinski definition) is 2. The summed E-state index contributed by atoms with van der Waals surface area (Å²) in [7, 11) is 0. The maximum atomic E-state index is 12.0. The average Bonchev–Trinajstić information content (AvgIpc) is 3.21. The molecule has 0 aliphatic heterocycles. The van der Waals surface area contributed by atoms with E-state index < -0.39 is 5.97 Å². The standard InChI is InChI=1S/C13H9O3.C5H5.Fe.Na/c14-12(9-5-1-2-6-9)10-7-3-4-8-11(10)13(15)16;1-2-4-5-3-1;;/h1-8H,(H,15,16);1-5H;;/q;;+2;+1. The first-order chi connectivity index (χ1) is 10.2. The van der Waals surface area contributed by atoms with Crippen molar-refractivity contribution in [1.82, 2.24) is 0 Å². The summed E-state index contributed by atoms with van der Waals surface area (Å²) in [5, 5.41) is 8.96. The molecule has 0 unspecified atom stereocenters. The Balaban J connectivity index is 0.000000595. The molecule has 2 aliphatic carbocycles. The Bertz CT molecular complexity index is 487. The van der Waals surface area contributed by atoms with Crippen molar-refractivity contribution in [2.75, 3.05) is 0 Å². The zero-order chi connectivity index (χ0) is 15.1. The average molecular weight is 357 g/mol. The number of carboxylic acids is 1. The summed E-state index contributed by atoms with van der Waals surface area (Å²) in [6, 6.07) is 6.21. The van der Waals surface area contributed by atoms with Gasteiger partial charge in [0.1, 0.15) is 0 Å². The van der Waals surface area contributed by atoms with Gasteiger partial charge in [0.2, 0.25) is 0 Å². The third-order valence-corrected chi connectivity index (χ3v) is 2.88. The van der Waals surface area contributed by atoms with E-state index in [1.165, 1.54) is 12.1 Å². The maximum absolute atomic E-state index is 12.0. The number of carbonyl (C=O) groups excluding carboxylic acids is 1. The second-order valence-corrected chi connectivity index (χ2v) is 4.32. The van der Waals surface area contributed by atoms with E-state index in [0.717, 1.165) is 0 Å². The van der Waals surface area contributed by atoms with E-state index in [1.54, 1.807) is 37.8 Å². The molecule has 1 N–H and O–H groups in total. The van der Waals surface area contributed by atoms with Gasteiger partial charge in [0.05, 0.1) is 11.5 Å². The van der Waals surface area contributed by atoms with Crippen molar-refractivity contribution >= 4 is 11.8 Å². The minimum Gasteiger partial charge on any atom is -0.478 e. The predicted octanol–water partition coefficient (Wildman–Crippen LogP) is -0.00430. The van der Waals surface area contributed by atoms with E-state index in [2.05, 4.69) is 0 Å². The van der Waals surface area contributed by atoms with E-state index >= 15 is 0 Å². The first-order valence-electron chi connectivity index (χ1n) is 6.45. The fraction of sp³-hybridized carbons (Fsp3) is 0. The molecule has 3 nitrogen and oxygen atoms in total. The van der Waals surface area contributed by atoms with Crippen molar-refractivity contribution in [3.05, 3.63) is 99.1 Å². The van der Waals surface area contributed by atoms with E-state index in [-0.39, 0.29) is 63.5 Å².